The van der Waals surface area contributed by atoms with Crippen LogP contribution in [-0.4, -0.2) is 40.6 Å². The molecule has 2 aromatic rings. The smallest absolute Gasteiger partial charge is 0.234 e. The third kappa shape index (κ3) is 4.12. The van der Waals surface area contributed by atoms with Crippen LogP contribution in [-0.2, 0) is 4.79 Å². The lowest BCUT2D eigenvalue weighted by Crippen LogP contribution is -2.42. The average molecular weight is 354 g/mol. The summed E-state index contributed by atoms with van der Waals surface area (Å²) in [6, 6.07) is 10.5. The Kier molecular flexibility index (Phi) is 5.02. The van der Waals surface area contributed by atoms with Crippen molar-refractivity contribution < 1.29 is 9.32 Å². The summed E-state index contributed by atoms with van der Waals surface area (Å²) in [5, 5.41) is 7.15. The average Bonchev–Trinajstić information content (AvgIpc) is 3.41. The maximum atomic E-state index is 12.6. The number of hydrogen-bond acceptors (Lipinski definition) is 5. The zero-order chi connectivity index (χ0) is 17.9. The van der Waals surface area contributed by atoms with Crippen LogP contribution < -0.4 is 5.32 Å². The number of benzene rings is 1. The van der Waals surface area contributed by atoms with E-state index in [0.29, 0.717) is 24.2 Å². The molecule has 2 heterocycles. The van der Waals surface area contributed by atoms with Crippen molar-refractivity contribution in [2.75, 3.05) is 19.6 Å². The molecular weight excluding hydrogens is 328 g/mol. The largest absolute Gasteiger partial charge is 0.348 e. The second-order valence-corrected chi connectivity index (χ2v) is 7.52. The molecule has 6 heteroatoms. The summed E-state index contributed by atoms with van der Waals surface area (Å²) in [4.78, 5) is 19.2. The molecule has 1 N–H and O–H groups in total. The van der Waals surface area contributed by atoms with E-state index in [2.05, 4.69) is 32.5 Å². The molecule has 1 amide bonds. The van der Waals surface area contributed by atoms with Gasteiger partial charge < -0.3 is 9.84 Å². The molecule has 2 aliphatic rings. The van der Waals surface area contributed by atoms with Gasteiger partial charge in [-0.15, -0.1) is 0 Å². The van der Waals surface area contributed by atoms with Gasteiger partial charge in [-0.05, 0) is 57.2 Å². The van der Waals surface area contributed by atoms with E-state index in [4.69, 9.17) is 4.52 Å². The van der Waals surface area contributed by atoms with Gasteiger partial charge in [0.05, 0.1) is 12.6 Å². The van der Waals surface area contributed by atoms with Crippen LogP contribution in [0, 0.1) is 12.8 Å². The van der Waals surface area contributed by atoms with Gasteiger partial charge in [0.1, 0.15) is 0 Å². The van der Waals surface area contributed by atoms with Crippen molar-refractivity contribution in [1.82, 2.24) is 20.4 Å². The molecule has 1 saturated carbocycles. The lowest BCUT2D eigenvalue weighted by Gasteiger charge is -2.30. The number of aromatic nitrogens is 2. The summed E-state index contributed by atoms with van der Waals surface area (Å²) in [5.74, 6) is 2.46. The van der Waals surface area contributed by atoms with Crippen LogP contribution in [0.5, 0.6) is 0 Å². The number of piperidine rings is 1. The normalized spacial score (nSPS) is 20.0. The molecule has 1 unspecified atom stereocenters. The van der Waals surface area contributed by atoms with E-state index >= 15 is 0 Å². The van der Waals surface area contributed by atoms with Gasteiger partial charge >= 0.3 is 0 Å². The fraction of sp³-hybridized carbons (Fsp3) is 0.550. The minimum Gasteiger partial charge on any atom is -0.348 e. The summed E-state index contributed by atoms with van der Waals surface area (Å²) in [5.41, 5.74) is 1.22. The molecule has 6 nitrogen and oxygen atoms in total. The molecule has 1 atom stereocenters. The summed E-state index contributed by atoms with van der Waals surface area (Å²) < 4.78 is 5.30. The van der Waals surface area contributed by atoms with Gasteiger partial charge in [-0.25, -0.2) is 0 Å². The van der Waals surface area contributed by atoms with Crippen LogP contribution in [0.3, 0.4) is 0 Å². The Hall–Kier alpha value is -2.21. The molecule has 138 valence electrons. The van der Waals surface area contributed by atoms with Crippen molar-refractivity contribution in [3.05, 3.63) is 47.6 Å². The molecule has 0 radical (unpaired) electrons. The van der Waals surface area contributed by atoms with E-state index in [0.717, 1.165) is 31.8 Å². The second-order valence-electron chi connectivity index (χ2n) is 7.52. The quantitative estimate of drug-likeness (QED) is 0.864. The molecule has 1 aliphatic carbocycles. The topological polar surface area (TPSA) is 71.3 Å². The van der Waals surface area contributed by atoms with Crippen LogP contribution in [0.1, 0.15) is 54.9 Å². The lowest BCUT2D eigenvalue weighted by molar-refractivity contribution is -0.123. The minimum atomic E-state index is 0.123. The zero-order valence-electron chi connectivity index (χ0n) is 15.2. The first-order valence-corrected chi connectivity index (χ1v) is 9.56. The van der Waals surface area contributed by atoms with E-state index in [-0.39, 0.29) is 11.9 Å². The van der Waals surface area contributed by atoms with Crippen molar-refractivity contribution >= 4 is 5.91 Å². The molecule has 1 aromatic carbocycles. The van der Waals surface area contributed by atoms with Gasteiger partial charge in [0.2, 0.25) is 11.8 Å². The van der Waals surface area contributed by atoms with Crippen molar-refractivity contribution in [2.24, 2.45) is 5.92 Å². The summed E-state index contributed by atoms with van der Waals surface area (Å²) in [6.45, 7) is 4.08. The van der Waals surface area contributed by atoms with Crippen molar-refractivity contribution in [3.8, 4) is 0 Å². The molecular formula is C20H26N4O2. The Morgan fingerprint density at radius 2 is 1.96 bits per heavy atom. The Balaban J connectivity index is 1.28. The van der Waals surface area contributed by atoms with Crippen LogP contribution >= 0.6 is 0 Å². The summed E-state index contributed by atoms with van der Waals surface area (Å²) in [6.07, 6.45) is 4.32. The second kappa shape index (κ2) is 7.58. The van der Waals surface area contributed by atoms with Gasteiger partial charge in [-0.3, -0.25) is 9.69 Å². The molecule has 1 saturated heterocycles. The number of amides is 1. The number of rotatable bonds is 6. The summed E-state index contributed by atoms with van der Waals surface area (Å²) in [7, 11) is 0. The molecule has 0 bridgehead atoms. The predicted molar refractivity (Wildman–Crippen MR) is 97.5 cm³/mol. The van der Waals surface area contributed by atoms with Gasteiger partial charge in [0.15, 0.2) is 5.82 Å². The van der Waals surface area contributed by atoms with Crippen LogP contribution in [0.2, 0.25) is 0 Å². The number of hydrogen-bond donors (Lipinski definition) is 1. The first-order chi connectivity index (χ1) is 12.7. The first-order valence-electron chi connectivity index (χ1n) is 9.56. The van der Waals surface area contributed by atoms with Crippen LogP contribution in [0.15, 0.2) is 34.9 Å². The van der Waals surface area contributed by atoms with Crippen molar-refractivity contribution in [3.63, 3.8) is 0 Å². The maximum Gasteiger partial charge on any atom is 0.234 e. The fourth-order valence-corrected chi connectivity index (χ4v) is 3.80. The number of nitrogens with zero attached hydrogens (tertiary/aromatic N) is 3. The monoisotopic (exact) mass is 354 g/mol. The number of nitrogens with one attached hydrogen (secondary N) is 1. The van der Waals surface area contributed by atoms with Gasteiger partial charge in [0.25, 0.3) is 0 Å². The molecule has 2 fully saturated rings. The first kappa shape index (κ1) is 17.2. The van der Waals surface area contributed by atoms with E-state index < -0.39 is 0 Å². The maximum absolute atomic E-state index is 12.6. The number of carbonyl (C=O) groups is 1. The van der Waals surface area contributed by atoms with E-state index in [1.165, 1.54) is 18.4 Å². The van der Waals surface area contributed by atoms with Crippen LogP contribution in [0.4, 0.5) is 0 Å². The van der Waals surface area contributed by atoms with Crippen molar-refractivity contribution in [1.29, 1.82) is 0 Å². The van der Waals surface area contributed by atoms with Gasteiger partial charge in [0, 0.05) is 5.92 Å². The molecule has 0 spiro atoms. The zero-order valence-corrected chi connectivity index (χ0v) is 15.2. The van der Waals surface area contributed by atoms with Crippen LogP contribution in [0.25, 0.3) is 0 Å². The van der Waals surface area contributed by atoms with Gasteiger partial charge in [-0.1, -0.05) is 35.5 Å². The third-order valence-electron chi connectivity index (χ3n) is 5.42. The van der Waals surface area contributed by atoms with Gasteiger partial charge in [-0.2, -0.15) is 4.98 Å². The Morgan fingerprint density at radius 3 is 2.58 bits per heavy atom. The highest BCUT2D eigenvalue weighted by Crippen LogP contribution is 2.40. The third-order valence-corrected chi connectivity index (χ3v) is 5.42. The van der Waals surface area contributed by atoms with E-state index in [1.54, 1.807) is 0 Å². The number of carbonyl (C=O) groups excluding carboxylic acids is 1. The lowest BCUT2D eigenvalue weighted by atomic mass is 9.96. The predicted octanol–water partition coefficient (Wildman–Crippen LogP) is 2.82. The highest BCUT2D eigenvalue weighted by atomic mass is 16.5. The Labute approximate surface area is 154 Å². The molecule has 1 aliphatic heterocycles. The SMILES string of the molecule is Cc1noc(C2CCN(CC(=O)NC(c3ccccc3)C3CC3)CC2)n1. The molecule has 4 rings (SSSR count). The highest BCUT2D eigenvalue weighted by molar-refractivity contribution is 5.78. The number of aryl methyl sites for hydroxylation is 1. The molecule has 1 aromatic heterocycles. The Morgan fingerprint density at radius 1 is 1.23 bits per heavy atom. The standard InChI is InChI=1S/C20H26N4O2/c1-14-21-20(26-23-14)17-9-11-24(12-10-17)13-18(25)22-19(16-7-8-16)15-5-3-2-4-6-15/h2-6,16-17,19H,7-13H2,1H3,(H,22,25). The fourth-order valence-electron chi connectivity index (χ4n) is 3.80. The van der Waals surface area contributed by atoms with E-state index in [9.17, 15) is 4.79 Å². The number of likely N-dealkylation sites (tertiary alicyclic amines) is 1. The van der Waals surface area contributed by atoms with Crippen molar-refractivity contribution in [2.45, 2.75) is 44.6 Å². The van der Waals surface area contributed by atoms with E-state index in [1.807, 2.05) is 25.1 Å². The molecule has 26 heavy (non-hydrogen) atoms. The minimum absolute atomic E-state index is 0.123. The highest BCUT2D eigenvalue weighted by Gasteiger charge is 2.34. The summed E-state index contributed by atoms with van der Waals surface area (Å²) >= 11 is 0. The Bertz CT molecular complexity index is 733.